The standard InChI is InChI=1S/C17H20ClNO2/c1-11-5-12(2)7-14(6-11)19(3)10-13-8-15(18)17(20)16(9-13)21-4/h5-9,20H,10H2,1-4H3. The van der Waals surface area contributed by atoms with Gasteiger partial charge in [0.25, 0.3) is 0 Å². The van der Waals surface area contributed by atoms with Crippen LogP contribution < -0.4 is 9.64 Å². The fraction of sp³-hybridized carbons (Fsp3) is 0.294. The summed E-state index contributed by atoms with van der Waals surface area (Å²) in [4.78, 5) is 2.14. The van der Waals surface area contributed by atoms with Crippen LogP contribution in [0.4, 0.5) is 5.69 Å². The Bertz CT molecular complexity index is 635. The lowest BCUT2D eigenvalue weighted by Gasteiger charge is -2.21. The Morgan fingerprint density at radius 3 is 2.29 bits per heavy atom. The number of ether oxygens (including phenoxy) is 1. The van der Waals surface area contributed by atoms with Crippen LogP contribution in [0.15, 0.2) is 30.3 Å². The lowest BCUT2D eigenvalue weighted by molar-refractivity contribution is 0.373. The second kappa shape index (κ2) is 6.27. The van der Waals surface area contributed by atoms with Crippen molar-refractivity contribution in [3.63, 3.8) is 0 Å². The molecule has 0 saturated heterocycles. The van der Waals surface area contributed by atoms with Crippen molar-refractivity contribution in [3.8, 4) is 11.5 Å². The van der Waals surface area contributed by atoms with Crippen LogP contribution in [-0.2, 0) is 6.54 Å². The van der Waals surface area contributed by atoms with Crippen molar-refractivity contribution >= 4 is 17.3 Å². The fourth-order valence-corrected chi connectivity index (χ4v) is 2.64. The van der Waals surface area contributed by atoms with E-state index in [4.69, 9.17) is 16.3 Å². The Hall–Kier alpha value is -1.87. The topological polar surface area (TPSA) is 32.7 Å². The average Bonchev–Trinajstić information content (AvgIpc) is 2.41. The Balaban J connectivity index is 2.27. The highest BCUT2D eigenvalue weighted by Gasteiger charge is 2.11. The minimum atomic E-state index is -0.0167. The van der Waals surface area contributed by atoms with Gasteiger partial charge in [0.2, 0.25) is 0 Å². The molecule has 2 aromatic carbocycles. The Kier molecular flexibility index (Phi) is 4.63. The molecule has 0 spiro atoms. The molecule has 0 aromatic heterocycles. The number of nitrogens with zero attached hydrogens (tertiary/aromatic N) is 1. The first kappa shape index (κ1) is 15.5. The number of halogens is 1. The predicted octanol–water partition coefficient (Wildman–Crippen LogP) is 4.31. The molecule has 0 amide bonds. The Morgan fingerprint density at radius 1 is 1.10 bits per heavy atom. The summed E-state index contributed by atoms with van der Waals surface area (Å²) in [5.41, 5.74) is 4.60. The molecule has 1 N–H and O–H groups in total. The zero-order chi connectivity index (χ0) is 15.6. The lowest BCUT2D eigenvalue weighted by atomic mass is 10.1. The molecule has 0 aliphatic rings. The molecule has 0 unspecified atom stereocenters. The molecule has 0 fully saturated rings. The number of phenols is 1. The van der Waals surface area contributed by atoms with Crippen LogP contribution >= 0.6 is 11.6 Å². The molecule has 2 aromatic rings. The van der Waals surface area contributed by atoms with Crippen molar-refractivity contribution in [1.29, 1.82) is 0 Å². The normalized spacial score (nSPS) is 10.5. The SMILES string of the molecule is COc1cc(CN(C)c2cc(C)cc(C)c2)cc(Cl)c1O. The quantitative estimate of drug-likeness (QED) is 0.913. The summed E-state index contributed by atoms with van der Waals surface area (Å²) in [5, 5.41) is 10.1. The van der Waals surface area contributed by atoms with Crippen LogP contribution in [0.3, 0.4) is 0 Å². The zero-order valence-corrected chi connectivity index (χ0v) is 13.5. The fourth-order valence-electron chi connectivity index (χ4n) is 2.41. The van der Waals surface area contributed by atoms with Crippen molar-refractivity contribution in [3.05, 3.63) is 52.0 Å². The van der Waals surface area contributed by atoms with Crippen LogP contribution in [0.5, 0.6) is 11.5 Å². The monoisotopic (exact) mass is 305 g/mol. The molecule has 3 nitrogen and oxygen atoms in total. The maximum absolute atomic E-state index is 9.78. The van der Waals surface area contributed by atoms with Gasteiger partial charge in [-0.05, 0) is 54.8 Å². The predicted molar refractivity (Wildman–Crippen MR) is 87.7 cm³/mol. The van der Waals surface area contributed by atoms with Crippen molar-refractivity contribution in [2.24, 2.45) is 0 Å². The number of hydrogen-bond donors (Lipinski definition) is 1. The van der Waals surface area contributed by atoms with Crippen molar-refractivity contribution < 1.29 is 9.84 Å². The van der Waals surface area contributed by atoms with E-state index in [0.29, 0.717) is 17.3 Å². The number of aromatic hydroxyl groups is 1. The van der Waals surface area contributed by atoms with Crippen LogP contribution in [0, 0.1) is 13.8 Å². The molecular formula is C17H20ClNO2. The first-order valence-electron chi connectivity index (χ1n) is 6.75. The second-order valence-electron chi connectivity index (χ2n) is 5.33. The second-order valence-corrected chi connectivity index (χ2v) is 5.74. The molecule has 0 aliphatic heterocycles. The first-order valence-corrected chi connectivity index (χ1v) is 7.13. The molecule has 0 radical (unpaired) electrons. The van der Waals surface area contributed by atoms with Gasteiger partial charge in [0.05, 0.1) is 12.1 Å². The molecular weight excluding hydrogens is 286 g/mol. The number of hydrogen-bond acceptors (Lipinski definition) is 3. The average molecular weight is 306 g/mol. The van der Waals surface area contributed by atoms with E-state index in [1.165, 1.54) is 18.2 Å². The molecule has 0 heterocycles. The van der Waals surface area contributed by atoms with Crippen LogP contribution in [0.25, 0.3) is 0 Å². The van der Waals surface area contributed by atoms with Gasteiger partial charge in [-0.2, -0.15) is 0 Å². The van der Waals surface area contributed by atoms with Gasteiger partial charge in [0.15, 0.2) is 11.5 Å². The highest BCUT2D eigenvalue weighted by atomic mass is 35.5. The summed E-state index contributed by atoms with van der Waals surface area (Å²) in [5.74, 6) is 0.378. The molecule has 21 heavy (non-hydrogen) atoms. The molecule has 0 bridgehead atoms. The maximum atomic E-state index is 9.78. The zero-order valence-electron chi connectivity index (χ0n) is 12.8. The Morgan fingerprint density at radius 2 is 1.71 bits per heavy atom. The summed E-state index contributed by atoms with van der Waals surface area (Å²) in [7, 11) is 3.55. The van der Waals surface area contributed by atoms with E-state index < -0.39 is 0 Å². The summed E-state index contributed by atoms with van der Waals surface area (Å²) >= 11 is 6.03. The highest BCUT2D eigenvalue weighted by molar-refractivity contribution is 6.32. The van der Waals surface area contributed by atoms with E-state index in [0.717, 1.165) is 11.3 Å². The third-order valence-electron chi connectivity index (χ3n) is 3.38. The Labute approximate surface area is 130 Å². The molecule has 2 rings (SSSR count). The third-order valence-corrected chi connectivity index (χ3v) is 3.66. The van der Waals surface area contributed by atoms with Gasteiger partial charge < -0.3 is 14.7 Å². The van der Waals surface area contributed by atoms with Crippen molar-refractivity contribution in [1.82, 2.24) is 0 Å². The largest absolute Gasteiger partial charge is 0.503 e. The number of methoxy groups -OCH3 is 1. The third kappa shape index (κ3) is 3.61. The number of phenolic OH excluding ortho intramolecular Hbond substituents is 1. The van der Waals surface area contributed by atoms with Crippen LogP contribution in [0.2, 0.25) is 5.02 Å². The lowest BCUT2D eigenvalue weighted by Crippen LogP contribution is -2.16. The number of anilines is 1. The van der Waals surface area contributed by atoms with E-state index in [1.54, 1.807) is 12.1 Å². The number of benzene rings is 2. The summed E-state index contributed by atoms with van der Waals surface area (Å²) in [6.45, 7) is 4.86. The maximum Gasteiger partial charge on any atom is 0.176 e. The van der Waals surface area contributed by atoms with Gasteiger partial charge in [-0.25, -0.2) is 0 Å². The van der Waals surface area contributed by atoms with Gasteiger partial charge in [-0.15, -0.1) is 0 Å². The van der Waals surface area contributed by atoms with E-state index in [2.05, 4.69) is 36.9 Å². The molecule has 4 heteroatoms. The smallest absolute Gasteiger partial charge is 0.176 e. The molecule has 0 atom stereocenters. The number of rotatable bonds is 4. The van der Waals surface area contributed by atoms with Gasteiger partial charge >= 0.3 is 0 Å². The van der Waals surface area contributed by atoms with Gasteiger partial charge in [-0.1, -0.05) is 17.7 Å². The first-order chi connectivity index (χ1) is 9.90. The van der Waals surface area contributed by atoms with Gasteiger partial charge in [0, 0.05) is 19.3 Å². The molecule has 0 aliphatic carbocycles. The summed E-state index contributed by atoms with van der Waals surface area (Å²) in [6, 6.07) is 10.0. The van der Waals surface area contributed by atoms with Crippen LogP contribution in [-0.4, -0.2) is 19.3 Å². The van der Waals surface area contributed by atoms with Crippen LogP contribution in [0.1, 0.15) is 16.7 Å². The van der Waals surface area contributed by atoms with Crippen molar-refractivity contribution in [2.45, 2.75) is 20.4 Å². The van der Waals surface area contributed by atoms with E-state index in [-0.39, 0.29) is 5.75 Å². The summed E-state index contributed by atoms with van der Waals surface area (Å²) in [6.07, 6.45) is 0. The van der Waals surface area contributed by atoms with Crippen molar-refractivity contribution in [2.75, 3.05) is 19.1 Å². The van der Waals surface area contributed by atoms with E-state index >= 15 is 0 Å². The molecule has 112 valence electrons. The number of aryl methyl sites for hydroxylation is 2. The minimum Gasteiger partial charge on any atom is -0.503 e. The minimum absolute atomic E-state index is 0.0167. The van der Waals surface area contributed by atoms with Gasteiger partial charge in [0.1, 0.15) is 0 Å². The van der Waals surface area contributed by atoms with Gasteiger partial charge in [-0.3, -0.25) is 0 Å². The summed E-state index contributed by atoms with van der Waals surface area (Å²) < 4.78 is 5.14. The molecule has 0 saturated carbocycles. The highest BCUT2D eigenvalue weighted by Crippen LogP contribution is 2.35. The van der Waals surface area contributed by atoms with E-state index in [1.807, 2.05) is 7.05 Å². The van der Waals surface area contributed by atoms with E-state index in [9.17, 15) is 5.11 Å².